The van der Waals surface area contributed by atoms with Gasteiger partial charge in [-0.25, -0.2) is 13.6 Å². The average Bonchev–Trinajstić information content (AvgIpc) is 3.87. The number of halogens is 2. The zero-order valence-electron chi connectivity index (χ0n) is 28.1. The molecule has 1 aromatic heterocycles. The van der Waals surface area contributed by atoms with Crippen LogP contribution >= 0.6 is 0 Å². The van der Waals surface area contributed by atoms with Crippen LogP contribution in [0.3, 0.4) is 0 Å². The van der Waals surface area contributed by atoms with Crippen molar-refractivity contribution in [3.05, 3.63) is 84.1 Å². The molecule has 4 amide bonds. The van der Waals surface area contributed by atoms with Gasteiger partial charge in [0, 0.05) is 47.7 Å². The van der Waals surface area contributed by atoms with E-state index in [1.54, 1.807) is 33.8 Å². The third kappa shape index (κ3) is 8.43. The molecule has 262 valence electrons. The number of ether oxygens (including phenoxy) is 3. The molecular formula is C36H37F2N5O7. The number of fused-ring (bicyclic) bond motifs is 1. The van der Waals surface area contributed by atoms with Gasteiger partial charge in [0.2, 0.25) is 11.8 Å². The van der Waals surface area contributed by atoms with Gasteiger partial charge in [-0.2, -0.15) is 0 Å². The van der Waals surface area contributed by atoms with E-state index in [0.29, 0.717) is 29.4 Å². The number of benzene rings is 3. The zero-order chi connectivity index (χ0) is 36.2. The van der Waals surface area contributed by atoms with Crippen LogP contribution in [0.15, 0.2) is 66.9 Å². The van der Waals surface area contributed by atoms with Crippen LogP contribution in [0.4, 0.5) is 25.0 Å². The van der Waals surface area contributed by atoms with Crippen LogP contribution < -0.4 is 30.7 Å². The van der Waals surface area contributed by atoms with E-state index < -0.39 is 52.5 Å². The van der Waals surface area contributed by atoms with Crippen LogP contribution in [-0.2, 0) is 14.3 Å². The molecule has 5 rings (SSSR count). The molecule has 14 heteroatoms. The molecule has 1 heterocycles. The zero-order valence-corrected chi connectivity index (χ0v) is 28.1. The highest BCUT2D eigenvalue weighted by Crippen LogP contribution is 2.47. The maximum absolute atomic E-state index is 15.3. The fourth-order valence-corrected chi connectivity index (χ4v) is 4.98. The summed E-state index contributed by atoms with van der Waals surface area (Å²) in [6, 6.07) is 13.1. The van der Waals surface area contributed by atoms with E-state index in [-0.39, 0.29) is 35.0 Å². The Morgan fingerprint density at radius 2 is 1.54 bits per heavy atom. The van der Waals surface area contributed by atoms with Gasteiger partial charge in [0.1, 0.15) is 28.3 Å². The summed E-state index contributed by atoms with van der Waals surface area (Å²) in [6.45, 7) is 7.04. The first-order valence-electron chi connectivity index (χ1n) is 15.8. The number of hydrogen-bond donors (Lipinski definition) is 4. The van der Waals surface area contributed by atoms with E-state index in [1.165, 1.54) is 61.8 Å². The van der Waals surface area contributed by atoms with Crippen LogP contribution in [0.1, 0.15) is 50.9 Å². The standard InChI is InChI=1S/C36H37F2N5O7/c1-20(19-40-34(47)50-35(2,3)4)41-31(44)25-17-24-27(18-30(25)48-5)39-15-12-28(24)49-29-11-10-23(16-26(29)38)43-33(46)36(13-14-36)32(45)42-22-8-6-21(37)7-9-22/h6-12,15-18,20H,13-14,19H2,1-5H3,(H,40,47)(H,41,44)(H,42,45)(H,43,46). The quantitative estimate of drug-likeness (QED) is 0.133. The Morgan fingerprint density at radius 3 is 2.16 bits per heavy atom. The summed E-state index contributed by atoms with van der Waals surface area (Å²) in [5.74, 6) is -2.64. The molecule has 1 unspecified atom stereocenters. The Morgan fingerprint density at radius 1 is 0.880 bits per heavy atom. The summed E-state index contributed by atoms with van der Waals surface area (Å²) < 4.78 is 45.2. The lowest BCUT2D eigenvalue weighted by Crippen LogP contribution is -2.43. The maximum atomic E-state index is 15.3. The molecule has 1 atom stereocenters. The number of aromatic nitrogens is 1. The van der Waals surface area contributed by atoms with Crippen molar-refractivity contribution in [1.29, 1.82) is 0 Å². The third-order valence-electron chi connectivity index (χ3n) is 7.73. The highest BCUT2D eigenvalue weighted by Gasteiger charge is 2.56. The summed E-state index contributed by atoms with van der Waals surface area (Å²) in [4.78, 5) is 55.6. The van der Waals surface area contributed by atoms with Gasteiger partial charge >= 0.3 is 6.09 Å². The van der Waals surface area contributed by atoms with Crippen LogP contribution in [0.2, 0.25) is 0 Å². The molecule has 0 saturated heterocycles. The van der Waals surface area contributed by atoms with E-state index in [2.05, 4.69) is 26.3 Å². The van der Waals surface area contributed by atoms with Gasteiger partial charge in [0.05, 0.1) is 18.2 Å². The van der Waals surface area contributed by atoms with Crippen molar-refractivity contribution in [2.75, 3.05) is 24.3 Å². The molecule has 0 spiro atoms. The third-order valence-corrected chi connectivity index (χ3v) is 7.73. The first-order valence-corrected chi connectivity index (χ1v) is 15.8. The normalized spacial score (nSPS) is 13.8. The number of nitrogens with zero attached hydrogens (tertiary/aromatic N) is 1. The van der Waals surface area contributed by atoms with E-state index in [0.717, 1.165) is 6.07 Å². The van der Waals surface area contributed by atoms with Crippen molar-refractivity contribution in [2.45, 2.75) is 52.2 Å². The molecule has 4 aromatic rings. The van der Waals surface area contributed by atoms with Crippen LogP contribution in [0.5, 0.6) is 17.2 Å². The highest BCUT2D eigenvalue weighted by molar-refractivity contribution is 6.17. The first kappa shape index (κ1) is 35.5. The van der Waals surface area contributed by atoms with Gasteiger partial charge in [-0.1, -0.05) is 0 Å². The Bertz CT molecular complexity index is 1940. The largest absolute Gasteiger partial charge is 0.496 e. The topological polar surface area (TPSA) is 157 Å². The number of carbonyl (C=O) groups excluding carboxylic acids is 4. The first-order chi connectivity index (χ1) is 23.7. The Hall–Kier alpha value is -5.79. The predicted octanol–water partition coefficient (Wildman–Crippen LogP) is 6.31. The number of alkyl carbamates (subject to hydrolysis) is 1. The molecule has 0 bridgehead atoms. The summed E-state index contributed by atoms with van der Waals surface area (Å²) >= 11 is 0. The second kappa shape index (κ2) is 14.4. The highest BCUT2D eigenvalue weighted by atomic mass is 19.1. The molecule has 1 saturated carbocycles. The van der Waals surface area contributed by atoms with Crippen molar-refractivity contribution < 1.29 is 42.2 Å². The van der Waals surface area contributed by atoms with Crippen molar-refractivity contribution in [1.82, 2.24) is 15.6 Å². The molecule has 1 fully saturated rings. The van der Waals surface area contributed by atoms with Crippen LogP contribution in [0, 0.1) is 17.0 Å². The molecule has 0 aliphatic heterocycles. The fraction of sp³-hybridized carbons (Fsp3) is 0.306. The van der Waals surface area contributed by atoms with E-state index in [9.17, 15) is 23.6 Å². The van der Waals surface area contributed by atoms with Gasteiger partial charge in [0.15, 0.2) is 11.6 Å². The SMILES string of the molecule is COc1cc2nccc(Oc3ccc(NC(=O)C4(C(=O)Nc5ccc(F)cc5)CC4)cc3F)c2cc1C(=O)NC(C)CNC(=O)OC(C)(C)C. The number of amides is 4. The number of pyridine rings is 1. The second-order valence-electron chi connectivity index (χ2n) is 12.9. The fourth-order valence-electron chi connectivity index (χ4n) is 4.98. The van der Waals surface area contributed by atoms with Crippen molar-refractivity contribution in [3.8, 4) is 17.2 Å². The molecule has 50 heavy (non-hydrogen) atoms. The molecule has 1 aliphatic carbocycles. The Kier molecular flexibility index (Phi) is 10.2. The molecule has 12 nitrogen and oxygen atoms in total. The predicted molar refractivity (Wildman–Crippen MR) is 181 cm³/mol. The molecule has 1 aliphatic rings. The number of carbonyl (C=O) groups is 4. The van der Waals surface area contributed by atoms with Gasteiger partial charge < -0.3 is 35.5 Å². The summed E-state index contributed by atoms with van der Waals surface area (Å²) in [7, 11) is 1.41. The lowest BCUT2D eigenvalue weighted by atomic mass is 10.0. The van der Waals surface area contributed by atoms with Gasteiger partial charge in [-0.05, 0) is 89.1 Å². The van der Waals surface area contributed by atoms with Crippen LogP contribution in [-0.4, -0.2) is 54.1 Å². The lowest BCUT2D eigenvalue weighted by molar-refractivity contribution is -0.131. The smallest absolute Gasteiger partial charge is 0.407 e. The second-order valence-corrected chi connectivity index (χ2v) is 12.9. The van der Waals surface area contributed by atoms with Crippen molar-refractivity contribution in [3.63, 3.8) is 0 Å². The molecule has 4 N–H and O–H groups in total. The van der Waals surface area contributed by atoms with E-state index in [4.69, 9.17) is 14.2 Å². The van der Waals surface area contributed by atoms with Crippen molar-refractivity contribution in [2.24, 2.45) is 5.41 Å². The number of nitrogens with one attached hydrogen (secondary N) is 4. The number of methoxy groups -OCH3 is 1. The number of anilines is 2. The summed E-state index contributed by atoms with van der Waals surface area (Å²) in [5, 5.41) is 11.0. The maximum Gasteiger partial charge on any atom is 0.407 e. The number of hydrogen-bond acceptors (Lipinski definition) is 8. The minimum atomic E-state index is -1.33. The van der Waals surface area contributed by atoms with E-state index in [1.807, 2.05) is 0 Å². The van der Waals surface area contributed by atoms with Crippen LogP contribution in [0.25, 0.3) is 10.9 Å². The Labute approximate surface area is 286 Å². The van der Waals surface area contributed by atoms with Gasteiger partial charge in [-0.15, -0.1) is 0 Å². The van der Waals surface area contributed by atoms with Gasteiger partial charge in [0.25, 0.3) is 5.91 Å². The van der Waals surface area contributed by atoms with E-state index >= 15 is 4.39 Å². The van der Waals surface area contributed by atoms with Gasteiger partial charge in [-0.3, -0.25) is 19.4 Å². The van der Waals surface area contributed by atoms with Crippen molar-refractivity contribution >= 4 is 46.1 Å². The summed E-state index contributed by atoms with van der Waals surface area (Å²) in [5.41, 5.74) is -0.977. The monoisotopic (exact) mass is 689 g/mol. The average molecular weight is 690 g/mol. The summed E-state index contributed by atoms with van der Waals surface area (Å²) in [6.07, 6.45) is 1.45. The number of rotatable bonds is 11. The molecular weight excluding hydrogens is 652 g/mol. The minimum Gasteiger partial charge on any atom is -0.496 e. The molecule has 3 aromatic carbocycles. The lowest BCUT2D eigenvalue weighted by Gasteiger charge is -2.21. The molecule has 0 radical (unpaired) electrons. The Balaban J connectivity index is 1.27. The minimum absolute atomic E-state index is 0.104.